The van der Waals surface area contributed by atoms with Crippen LogP contribution >= 0.6 is 11.8 Å². The van der Waals surface area contributed by atoms with Crippen molar-refractivity contribution in [2.24, 2.45) is 0 Å². The van der Waals surface area contributed by atoms with Crippen LogP contribution in [-0.4, -0.2) is 42.7 Å². The molecule has 0 heterocycles. The van der Waals surface area contributed by atoms with Crippen molar-refractivity contribution in [2.45, 2.75) is 31.7 Å². The highest BCUT2D eigenvalue weighted by molar-refractivity contribution is 7.99. The van der Waals surface area contributed by atoms with Crippen LogP contribution in [0, 0.1) is 0 Å². The van der Waals surface area contributed by atoms with Gasteiger partial charge in [0.05, 0.1) is 12.9 Å². The van der Waals surface area contributed by atoms with E-state index >= 15 is 0 Å². The predicted molar refractivity (Wildman–Crippen MR) is 114 cm³/mol. The zero-order chi connectivity index (χ0) is 20.4. The van der Waals surface area contributed by atoms with E-state index < -0.39 is 6.04 Å². The van der Waals surface area contributed by atoms with Gasteiger partial charge in [0.2, 0.25) is 11.8 Å². The number of ether oxygens (including phenoxy) is 1. The van der Waals surface area contributed by atoms with Gasteiger partial charge in [-0.25, -0.2) is 0 Å². The van der Waals surface area contributed by atoms with Crippen molar-refractivity contribution in [3.8, 4) is 5.75 Å². The molecule has 0 bridgehead atoms. The quantitative estimate of drug-likeness (QED) is 0.663. The highest BCUT2D eigenvalue weighted by Gasteiger charge is 2.27. The molecule has 2 rings (SSSR count). The first-order chi connectivity index (χ1) is 13.6. The van der Waals surface area contributed by atoms with E-state index in [1.807, 2.05) is 61.5 Å². The molecule has 0 saturated heterocycles. The maximum atomic E-state index is 13.0. The summed E-state index contributed by atoms with van der Waals surface area (Å²) in [7, 11) is 3.24. The van der Waals surface area contributed by atoms with E-state index in [1.165, 1.54) is 0 Å². The van der Waals surface area contributed by atoms with E-state index in [0.717, 1.165) is 22.6 Å². The topological polar surface area (TPSA) is 58.6 Å². The van der Waals surface area contributed by atoms with Crippen molar-refractivity contribution >= 4 is 23.6 Å². The van der Waals surface area contributed by atoms with Crippen molar-refractivity contribution < 1.29 is 14.3 Å². The summed E-state index contributed by atoms with van der Waals surface area (Å²) < 4.78 is 5.17. The molecule has 2 amide bonds. The first kappa shape index (κ1) is 21.8. The van der Waals surface area contributed by atoms with Crippen molar-refractivity contribution in [2.75, 3.05) is 19.9 Å². The van der Waals surface area contributed by atoms with Gasteiger partial charge in [-0.3, -0.25) is 9.59 Å². The van der Waals surface area contributed by atoms with Crippen LogP contribution in [0.15, 0.2) is 54.6 Å². The molecule has 6 heteroatoms. The Morgan fingerprint density at radius 1 is 1.07 bits per heavy atom. The summed E-state index contributed by atoms with van der Waals surface area (Å²) in [6.07, 6.45) is 0.571. The average molecular weight is 401 g/mol. The summed E-state index contributed by atoms with van der Waals surface area (Å²) in [6.45, 7) is 2.35. The number of hydrogen-bond acceptors (Lipinski definition) is 4. The lowest BCUT2D eigenvalue weighted by Gasteiger charge is -2.30. The molecule has 0 aliphatic carbocycles. The van der Waals surface area contributed by atoms with Crippen molar-refractivity contribution in [1.29, 1.82) is 0 Å². The van der Waals surface area contributed by atoms with Crippen LogP contribution in [0.2, 0.25) is 0 Å². The molecule has 0 aliphatic heterocycles. The monoisotopic (exact) mass is 400 g/mol. The van der Waals surface area contributed by atoms with Crippen molar-refractivity contribution in [3.63, 3.8) is 0 Å². The highest BCUT2D eigenvalue weighted by atomic mass is 32.2. The zero-order valence-electron chi connectivity index (χ0n) is 16.7. The van der Waals surface area contributed by atoms with Crippen LogP contribution < -0.4 is 10.1 Å². The summed E-state index contributed by atoms with van der Waals surface area (Å²) in [4.78, 5) is 27.0. The van der Waals surface area contributed by atoms with Gasteiger partial charge in [-0.15, -0.1) is 11.8 Å². The molecule has 0 unspecified atom stereocenters. The third-order valence-corrected chi connectivity index (χ3v) is 5.47. The molecule has 2 aromatic rings. The summed E-state index contributed by atoms with van der Waals surface area (Å²) in [5.74, 6) is 1.71. The Kier molecular flexibility index (Phi) is 8.88. The number of carbonyl (C=O) groups excluding carboxylic acids is 2. The number of thioether (sulfide) groups is 1. The van der Waals surface area contributed by atoms with Gasteiger partial charge in [0, 0.05) is 19.3 Å². The van der Waals surface area contributed by atoms with Crippen LogP contribution in [-0.2, 0) is 21.9 Å². The van der Waals surface area contributed by atoms with E-state index in [4.69, 9.17) is 4.74 Å². The van der Waals surface area contributed by atoms with Gasteiger partial charge in [0.25, 0.3) is 0 Å². The smallest absolute Gasteiger partial charge is 0.242 e. The molecule has 1 N–H and O–H groups in total. The van der Waals surface area contributed by atoms with E-state index in [1.54, 1.807) is 30.8 Å². The van der Waals surface area contributed by atoms with Gasteiger partial charge < -0.3 is 15.0 Å². The van der Waals surface area contributed by atoms with Crippen molar-refractivity contribution in [1.82, 2.24) is 10.2 Å². The Morgan fingerprint density at radius 2 is 1.75 bits per heavy atom. The number of amides is 2. The number of nitrogens with one attached hydrogen (secondary N) is 1. The van der Waals surface area contributed by atoms with E-state index in [0.29, 0.717) is 18.7 Å². The maximum Gasteiger partial charge on any atom is 0.242 e. The SMILES string of the molecule is CC[C@H](C(=O)NC)N(Cc1ccccc1)C(=O)CSCc1ccc(OC)cc1. The first-order valence-electron chi connectivity index (χ1n) is 9.34. The number of likely N-dealkylation sites (N-methyl/N-ethyl adjacent to an activating group) is 1. The molecule has 150 valence electrons. The average Bonchev–Trinajstić information content (AvgIpc) is 2.74. The zero-order valence-corrected chi connectivity index (χ0v) is 17.5. The van der Waals surface area contributed by atoms with E-state index in [9.17, 15) is 9.59 Å². The van der Waals surface area contributed by atoms with Gasteiger partial charge in [-0.05, 0) is 29.7 Å². The minimum atomic E-state index is -0.473. The molecule has 0 radical (unpaired) electrons. The summed E-state index contributed by atoms with van der Waals surface area (Å²) in [5, 5.41) is 2.68. The maximum absolute atomic E-state index is 13.0. The standard InChI is InChI=1S/C22H28N2O3S/c1-4-20(22(26)23-2)24(14-17-8-6-5-7-9-17)21(25)16-28-15-18-10-12-19(27-3)13-11-18/h5-13,20H,4,14-16H2,1-3H3,(H,23,26)/t20-/m1/s1. The third-order valence-electron chi connectivity index (χ3n) is 4.48. The number of carbonyl (C=O) groups is 2. The van der Waals surface area contributed by atoms with Crippen LogP contribution in [0.1, 0.15) is 24.5 Å². The minimum absolute atomic E-state index is 0.0298. The number of benzene rings is 2. The fourth-order valence-corrected chi connectivity index (χ4v) is 3.80. The van der Waals surface area contributed by atoms with Crippen LogP contribution in [0.5, 0.6) is 5.75 Å². The molecule has 1 atom stereocenters. The van der Waals surface area contributed by atoms with Gasteiger partial charge in [0.15, 0.2) is 0 Å². The van der Waals surface area contributed by atoms with Crippen LogP contribution in [0.4, 0.5) is 0 Å². The Hall–Kier alpha value is -2.47. The highest BCUT2D eigenvalue weighted by Crippen LogP contribution is 2.19. The lowest BCUT2D eigenvalue weighted by atomic mass is 10.1. The van der Waals surface area contributed by atoms with Crippen LogP contribution in [0.3, 0.4) is 0 Å². The summed E-state index contributed by atoms with van der Waals surface area (Å²) in [5.41, 5.74) is 2.14. The van der Waals surface area contributed by atoms with Gasteiger partial charge in [0.1, 0.15) is 11.8 Å². The van der Waals surface area contributed by atoms with Gasteiger partial charge in [-0.1, -0.05) is 49.4 Å². The van der Waals surface area contributed by atoms with Crippen LogP contribution in [0.25, 0.3) is 0 Å². The van der Waals surface area contributed by atoms with Gasteiger partial charge >= 0.3 is 0 Å². The molecule has 28 heavy (non-hydrogen) atoms. The van der Waals surface area contributed by atoms with E-state index in [-0.39, 0.29) is 11.8 Å². The Labute approximate surface area is 171 Å². The number of rotatable bonds is 10. The van der Waals surface area contributed by atoms with Gasteiger partial charge in [-0.2, -0.15) is 0 Å². The molecule has 0 aliphatic rings. The fraction of sp³-hybridized carbons (Fsp3) is 0.364. The summed E-state index contributed by atoms with van der Waals surface area (Å²) in [6, 6.07) is 17.1. The minimum Gasteiger partial charge on any atom is -0.497 e. The number of hydrogen-bond donors (Lipinski definition) is 1. The lowest BCUT2D eigenvalue weighted by molar-refractivity contribution is -0.139. The number of nitrogens with zero attached hydrogens (tertiary/aromatic N) is 1. The largest absolute Gasteiger partial charge is 0.497 e. The van der Waals surface area contributed by atoms with E-state index in [2.05, 4.69) is 5.32 Å². The number of methoxy groups -OCH3 is 1. The Bertz CT molecular complexity index is 750. The van der Waals surface area contributed by atoms with Crippen molar-refractivity contribution in [3.05, 3.63) is 65.7 Å². The third kappa shape index (κ3) is 6.30. The molecule has 2 aromatic carbocycles. The second kappa shape index (κ2) is 11.4. The molecule has 0 fully saturated rings. The molecular formula is C22H28N2O3S. The fourth-order valence-electron chi connectivity index (χ4n) is 2.93. The predicted octanol–water partition coefficient (Wildman–Crippen LogP) is 3.48. The molecule has 0 spiro atoms. The first-order valence-corrected chi connectivity index (χ1v) is 10.5. The Balaban J connectivity index is 2.03. The Morgan fingerprint density at radius 3 is 2.32 bits per heavy atom. The normalized spacial score (nSPS) is 11.5. The lowest BCUT2D eigenvalue weighted by Crippen LogP contribution is -2.48. The second-order valence-corrected chi connectivity index (χ2v) is 7.37. The molecule has 0 saturated carbocycles. The molecule has 0 aromatic heterocycles. The molecular weight excluding hydrogens is 372 g/mol. The summed E-state index contributed by atoms with van der Waals surface area (Å²) >= 11 is 1.55. The second-order valence-electron chi connectivity index (χ2n) is 6.39. The molecule has 5 nitrogen and oxygen atoms in total.